The van der Waals surface area contributed by atoms with Gasteiger partial charge in [-0.3, -0.25) is 24.3 Å². The Morgan fingerprint density at radius 1 is 1.16 bits per heavy atom. The lowest BCUT2D eigenvalue weighted by Crippen LogP contribution is -2.30. The lowest BCUT2D eigenvalue weighted by atomic mass is 10.1. The van der Waals surface area contributed by atoms with E-state index in [4.69, 9.17) is 11.6 Å². The first kappa shape index (κ1) is 21.1. The molecule has 1 amide bonds. The van der Waals surface area contributed by atoms with Crippen LogP contribution in [0.15, 0.2) is 71.7 Å². The van der Waals surface area contributed by atoms with E-state index in [1.165, 1.54) is 47.2 Å². The molecule has 1 N–H and O–H groups in total. The van der Waals surface area contributed by atoms with Gasteiger partial charge in [-0.25, -0.2) is 9.37 Å². The quantitative estimate of drug-likeness (QED) is 0.357. The summed E-state index contributed by atoms with van der Waals surface area (Å²) in [4.78, 5) is 40.7. The SMILES string of the molecule is O=C(Nc1ccc(Cl)c([N+](=O)[O-])c1)c1cc2cccnc2n(Cc2ccccc2F)c1=O. The minimum atomic E-state index is -0.778. The maximum Gasteiger partial charge on any atom is 0.289 e. The molecule has 10 heteroatoms. The Hall–Kier alpha value is -4.11. The van der Waals surface area contributed by atoms with Crippen molar-refractivity contribution in [2.24, 2.45) is 0 Å². The second-order valence-corrected chi connectivity index (χ2v) is 7.24. The molecular weight excluding hydrogens is 439 g/mol. The Kier molecular flexibility index (Phi) is 5.65. The molecule has 0 radical (unpaired) electrons. The molecule has 2 heterocycles. The van der Waals surface area contributed by atoms with Crippen LogP contribution in [0.4, 0.5) is 15.8 Å². The van der Waals surface area contributed by atoms with Crippen LogP contribution < -0.4 is 10.9 Å². The Morgan fingerprint density at radius 2 is 1.94 bits per heavy atom. The smallest absolute Gasteiger partial charge is 0.289 e. The molecule has 4 rings (SSSR count). The third-order valence-corrected chi connectivity index (χ3v) is 5.10. The number of hydrogen-bond donors (Lipinski definition) is 1. The van der Waals surface area contributed by atoms with E-state index in [1.807, 2.05) is 0 Å². The summed E-state index contributed by atoms with van der Waals surface area (Å²) in [6, 6.07) is 14.4. The predicted molar refractivity (Wildman–Crippen MR) is 118 cm³/mol. The number of aromatic nitrogens is 2. The summed E-state index contributed by atoms with van der Waals surface area (Å²) in [5, 5.41) is 14.0. The van der Waals surface area contributed by atoms with Crippen LogP contribution in [0.5, 0.6) is 0 Å². The first-order valence-electron chi connectivity index (χ1n) is 9.32. The van der Waals surface area contributed by atoms with Crippen LogP contribution in [0.2, 0.25) is 5.02 Å². The fourth-order valence-corrected chi connectivity index (χ4v) is 3.43. The van der Waals surface area contributed by atoms with E-state index in [1.54, 1.807) is 18.2 Å². The molecule has 0 saturated carbocycles. The second kappa shape index (κ2) is 8.56. The lowest BCUT2D eigenvalue weighted by Gasteiger charge is -2.13. The van der Waals surface area contributed by atoms with E-state index in [2.05, 4.69) is 10.3 Å². The highest BCUT2D eigenvalue weighted by molar-refractivity contribution is 6.32. The molecule has 32 heavy (non-hydrogen) atoms. The number of fused-ring (bicyclic) bond motifs is 1. The third-order valence-electron chi connectivity index (χ3n) is 4.78. The highest BCUT2D eigenvalue weighted by Gasteiger charge is 2.19. The molecule has 8 nitrogen and oxygen atoms in total. The number of nitrogens with one attached hydrogen (secondary N) is 1. The zero-order valence-corrected chi connectivity index (χ0v) is 17.0. The Balaban J connectivity index is 1.78. The highest BCUT2D eigenvalue weighted by atomic mass is 35.5. The van der Waals surface area contributed by atoms with Gasteiger partial charge in [0.2, 0.25) is 0 Å². The number of nitrogens with zero attached hydrogens (tertiary/aromatic N) is 3. The minimum absolute atomic E-state index is 0.0861. The van der Waals surface area contributed by atoms with Crippen LogP contribution in [0, 0.1) is 15.9 Å². The Labute approximate surface area is 185 Å². The molecule has 0 aliphatic rings. The van der Waals surface area contributed by atoms with Gasteiger partial charge in [-0.05, 0) is 36.4 Å². The van der Waals surface area contributed by atoms with Gasteiger partial charge >= 0.3 is 0 Å². The van der Waals surface area contributed by atoms with Gasteiger partial charge in [0.1, 0.15) is 22.1 Å². The van der Waals surface area contributed by atoms with Crippen molar-refractivity contribution in [3.8, 4) is 0 Å². The fourth-order valence-electron chi connectivity index (χ4n) is 3.24. The monoisotopic (exact) mass is 452 g/mol. The van der Waals surface area contributed by atoms with Crippen molar-refractivity contribution in [2.75, 3.05) is 5.32 Å². The number of halogens is 2. The molecule has 0 unspecified atom stereocenters. The van der Waals surface area contributed by atoms with Gasteiger partial charge in [0.25, 0.3) is 17.2 Å². The topological polar surface area (TPSA) is 107 Å². The summed E-state index contributed by atoms with van der Waals surface area (Å²) < 4.78 is 15.4. The minimum Gasteiger partial charge on any atom is -0.322 e. The number of nitro benzene ring substituents is 1. The molecule has 0 aliphatic heterocycles. The molecule has 0 saturated heterocycles. The van der Waals surface area contributed by atoms with Gasteiger partial charge in [-0.15, -0.1) is 0 Å². The van der Waals surface area contributed by atoms with Crippen molar-refractivity contribution in [1.82, 2.24) is 9.55 Å². The van der Waals surface area contributed by atoms with Crippen molar-refractivity contribution < 1.29 is 14.1 Å². The van der Waals surface area contributed by atoms with Crippen molar-refractivity contribution in [2.45, 2.75) is 6.54 Å². The van der Waals surface area contributed by atoms with Gasteiger partial charge in [0, 0.05) is 28.9 Å². The average molecular weight is 453 g/mol. The molecule has 2 aromatic carbocycles. The van der Waals surface area contributed by atoms with Crippen LogP contribution in [-0.4, -0.2) is 20.4 Å². The van der Waals surface area contributed by atoms with Gasteiger partial charge in [-0.1, -0.05) is 29.8 Å². The summed E-state index contributed by atoms with van der Waals surface area (Å²) in [5.41, 5.74) is -0.645. The molecule has 0 spiro atoms. The highest BCUT2D eigenvalue weighted by Crippen LogP contribution is 2.27. The third kappa shape index (κ3) is 4.06. The van der Waals surface area contributed by atoms with Crippen LogP contribution in [0.3, 0.4) is 0 Å². The number of amides is 1. The predicted octanol–water partition coefficient (Wildman–Crippen LogP) is 4.40. The number of carbonyl (C=O) groups excluding carboxylic acids is 1. The number of carbonyl (C=O) groups is 1. The molecule has 2 aromatic heterocycles. The Morgan fingerprint density at radius 3 is 2.69 bits per heavy atom. The zero-order chi connectivity index (χ0) is 22.8. The number of nitro groups is 1. The van der Waals surface area contributed by atoms with Gasteiger partial charge < -0.3 is 5.32 Å². The maximum atomic E-state index is 14.2. The number of rotatable bonds is 5. The Bertz CT molecular complexity index is 1440. The summed E-state index contributed by atoms with van der Waals surface area (Å²) in [5.74, 6) is -1.27. The van der Waals surface area contributed by atoms with Crippen LogP contribution in [-0.2, 0) is 6.54 Å². The average Bonchev–Trinajstić information content (AvgIpc) is 2.77. The molecule has 0 fully saturated rings. The van der Waals surface area contributed by atoms with Gasteiger partial charge in [-0.2, -0.15) is 0 Å². The maximum absolute atomic E-state index is 14.2. The molecular formula is C22H14ClFN4O4. The van der Waals surface area contributed by atoms with E-state index in [0.29, 0.717) is 11.0 Å². The number of anilines is 1. The van der Waals surface area contributed by atoms with Crippen molar-refractivity contribution in [3.05, 3.63) is 109 Å². The van der Waals surface area contributed by atoms with Gasteiger partial charge in [0.05, 0.1) is 11.5 Å². The molecule has 0 atom stereocenters. The van der Waals surface area contributed by atoms with E-state index in [-0.39, 0.29) is 34.1 Å². The summed E-state index contributed by atoms with van der Waals surface area (Å²) in [6.07, 6.45) is 1.49. The first-order chi connectivity index (χ1) is 15.3. The van der Waals surface area contributed by atoms with Crippen molar-refractivity contribution in [3.63, 3.8) is 0 Å². The van der Waals surface area contributed by atoms with E-state index in [9.17, 15) is 24.1 Å². The summed E-state index contributed by atoms with van der Waals surface area (Å²) in [6.45, 7) is -0.132. The van der Waals surface area contributed by atoms with Crippen LogP contribution in [0.25, 0.3) is 11.0 Å². The summed E-state index contributed by atoms with van der Waals surface area (Å²) in [7, 11) is 0. The molecule has 0 aliphatic carbocycles. The largest absolute Gasteiger partial charge is 0.322 e. The second-order valence-electron chi connectivity index (χ2n) is 6.83. The van der Waals surface area contributed by atoms with Crippen molar-refractivity contribution in [1.29, 1.82) is 0 Å². The van der Waals surface area contributed by atoms with Crippen LogP contribution in [0.1, 0.15) is 15.9 Å². The van der Waals surface area contributed by atoms with E-state index in [0.717, 1.165) is 6.07 Å². The fraction of sp³-hybridized carbons (Fsp3) is 0.0455. The lowest BCUT2D eigenvalue weighted by molar-refractivity contribution is -0.384. The number of benzene rings is 2. The van der Waals surface area contributed by atoms with E-state index >= 15 is 0 Å². The number of hydrogen-bond acceptors (Lipinski definition) is 5. The number of pyridine rings is 2. The molecule has 160 valence electrons. The van der Waals surface area contributed by atoms with E-state index < -0.39 is 22.2 Å². The standard InChI is InChI=1S/C22H14ClFN4O4/c23-17-8-7-15(11-19(17)28(31)32)26-21(29)16-10-13-5-3-9-25-20(13)27(22(16)30)12-14-4-1-2-6-18(14)24/h1-11H,12H2,(H,26,29). The normalized spacial score (nSPS) is 10.8. The van der Waals surface area contributed by atoms with Gasteiger partial charge in [0.15, 0.2) is 0 Å². The van der Waals surface area contributed by atoms with Crippen molar-refractivity contribution >= 4 is 39.9 Å². The molecule has 4 aromatic rings. The zero-order valence-electron chi connectivity index (χ0n) is 16.3. The molecule has 0 bridgehead atoms. The van der Waals surface area contributed by atoms with Crippen LogP contribution >= 0.6 is 11.6 Å². The summed E-state index contributed by atoms with van der Waals surface area (Å²) >= 11 is 5.80. The first-order valence-corrected chi connectivity index (χ1v) is 9.70.